The van der Waals surface area contributed by atoms with E-state index in [1.165, 1.54) is 0 Å². The fraction of sp³-hybridized carbons (Fsp3) is 0.611. The first-order valence-corrected chi connectivity index (χ1v) is 8.53. The van der Waals surface area contributed by atoms with Gasteiger partial charge >= 0.3 is 13.1 Å². The number of hydrogen-bond acceptors (Lipinski definition) is 3. The third kappa shape index (κ3) is 3.60. The summed E-state index contributed by atoms with van der Waals surface area (Å²) in [6.45, 7) is 13.4. The molecule has 6 heteroatoms. The van der Waals surface area contributed by atoms with Crippen molar-refractivity contribution in [2.75, 3.05) is 13.6 Å². The van der Waals surface area contributed by atoms with Gasteiger partial charge < -0.3 is 19.5 Å². The summed E-state index contributed by atoms with van der Waals surface area (Å²) >= 11 is 0. The second-order valence-corrected chi connectivity index (χ2v) is 7.36. The molecule has 1 aliphatic rings. The van der Waals surface area contributed by atoms with E-state index in [1.807, 2.05) is 47.6 Å². The van der Waals surface area contributed by atoms with E-state index in [2.05, 4.69) is 17.4 Å². The summed E-state index contributed by atoms with van der Waals surface area (Å²) < 4.78 is 12.4. The summed E-state index contributed by atoms with van der Waals surface area (Å²) in [5, 5.41) is 2.69. The number of amides is 2. The zero-order valence-electron chi connectivity index (χ0n) is 15.9. The Morgan fingerprint density at radius 1 is 1.21 bits per heavy atom. The van der Waals surface area contributed by atoms with Gasteiger partial charge in [0.25, 0.3) is 0 Å². The fourth-order valence-electron chi connectivity index (χ4n) is 2.76. The number of aryl methyl sites for hydroxylation is 1. The van der Waals surface area contributed by atoms with Crippen molar-refractivity contribution in [3.05, 3.63) is 29.3 Å². The van der Waals surface area contributed by atoms with E-state index in [4.69, 9.17) is 9.31 Å². The summed E-state index contributed by atoms with van der Waals surface area (Å²) in [6, 6.07) is 6.12. The van der Waals surface area contributed by atoms with Gasteiger partial charge in [-0.15, -0.1) is 0 Å². The zero-order valence-corrected chi connectivity index (χ0v) is 15.9. The number of carbonyl (C=O) groups is 1. The van der Waals surface area contributed by atoms with Crippen LogP contribution >= 0.6 is 0 Å². The Kier molecular flexibility index (Phi) is 5.30. The summed E-state index contributed by atoms with van der Waals surface area (Å²) in [7, 11) is 1.23. The summed E-state index contributed by atoms with van der Waals surface area (Å²) in [5.74, 6) is 0. The van der Waals surface area contributed by atoms with Crippen LogP contribution in [0.1, 0.15) is 45.7 Å². The highest BCUT2D eigenvalue weighted by molar-refractivity contribution is 6.62. The number of benzene rings is 1. The van der Waals surface area contributed by atoms with E-state index in [-0.39, 0.29) is 17.2 Å². The van der Waals surface area contributed by atoms with Gasteiger partial charge in [-0.1, -0.05) is 23.8 Å². The maximum atomic E-state index is 12.0. The molecule has 1 aromatic carbocycles. The molecule has 0 bridgehead atoms. The van der Waals surface area contributed by atoms with Crippen LogP contribution in [0.5, 0.6) is 0 Å². The largest absolute Gasteiger partial charge is 0.495 e. The highest BCUT2D eigenvalue weighted by Crippen LogP contribution is 2.36. The smallest absolute Gasteiger partial charge is 0.399 e. The predicted molar refractivity (Wildman–Crippen MR) is 97.4 cm³/mol. The Balaban J connectivity index is 2.34. The normalized spacial score (nSPS) is 18.5. The average Bonchev–Trinajstić information content (AvgIpc) is 2.72. The topological polar surface area (TPSA) is 50.8 Å². The van der Waals surface area contributed by atoms with Gasteiger partial charge in [0, 0.05) is 20.1 Å². The molecular weight excluding hydrogens is 303 g/mol. The molecule has 1 fully saturated rings. The zero-order chi connectivity index (χ0) is 18.1. The molecule has 1 heterocycles. The first kappa shape index (κ1) is 18.8. The monoisotopic (exact) mass is 332 g/mol. The van der Waals surface area contributed by atoms with E-state index >= 15 is 0 Å². The minimum absolute atomic E-state index is 0.0844. The van der Waals surface area contributed by atoms with Crippen LogP contribution in [0.2, 0.25) is 0 Å². The molecule has 0 aliphatic carbocycles. The highest BCUT2D eigenvalue weighted by Gasteiger charge is 2.52. The first-order chi connectivity index (χ1) is 11.1. The molecule has 2 rings (SSSR count). The van der Waals surface area contributed by atoms with Crippen molar-refractivity contribution in [2.24, 2.45) is 0 Å². The second kappa shape index (κ2) is 6.77. The lowest BCUT2D eigenvalue weighted by atomic mass is 9.75. The van der Waals surface area contributed by atoms with Crippen molar-refractivity contribution in [3.8, 4) is 0 Å². The van der Waals surface area contributed by atoms with Crippen LogP contribution in [-0.4, -0.2) is 42.8 Å². The van der Waals surface area contributed by atoms with Crippen LogP contribution in [-0.2, 0) is 15.9 Å². The SMILES string of the molecule is CCN(Cc1cc(C)ccc1B1OC(C)(C)C(C)(C)O1)C(=O)NC. The molecule has 0 saturated carbocycles. The van der Waals surface area contributed by atoms with Gasteiger partial charge in [0.05, 0.1) is 11.2 Å². The molecule has 2 amide bonds. The van der Waals surface area contributed by atoms with E-state index in [0.717, 1.165) is 16.6 Å². The van der Waals surface area contributed by atoms with Crippen LogP contribution in [0.3, 0.4) is 0 Å². The van der Waals surface area contributed by atoms with Gasteiger partial charge in [-0.25, -0.2) is 4.79 Å². The molecule has 1 aliphatic heterocycles. The number of hydrogen-bond donors (Lipinski definition) is 1. The van der Waals surface area contributed by atoms with Gasteiger partial charge in [-0.05, 0) is 52.6 Å². The molecule has 1 saturated heterocycles. The molecule has 1 aromatic rings. The van der Waals surface area contributed by atoms with Crippen molar-refractivity contribution in [1.82, 2.24) is 10.2 Å². The predicted octanol–water partition coefficient (Wildman–Crippen LogP) is 2.46. The lowest BCUT2D eigenvalue weighted by Crippen LogP contribution is -2.42. The molecule has 1 N–H and O–H groups in total. The average molecular weight is 332 g/mol. The maximum Gasteiger partial charge on any atom is 0.495 e. The van der Waals surface area contributed by atoms with Gasteiger partial charge in [-0.2, -0.15) is 0 Å². The van der Waals surface area contributed by atoms with Crippen molar-refractivity contribution >= 4 is 18.6 Å². The number of urea groups is 1. The molecule has 24 heavy (non-hydrogen) atoms. The van der Waals surface area contributed by atoms with Crippen molar-refractivity contribution < 1.29 is 14.1 Å². The van der Waals surface area contributed by atoms with Gasteiger partial charge in [0.15, 0.2) is 0 Å². The van der Waals surface area contributed by atoms with Gasteiger partial charge in [0.1, 0.15) is 0 Å². The van der Waals surface area contributed by atoms with Crippen molar-refractivity contribution in [2.45, 2.75) is 59.3 Å². The Bertz CT molecular complexity index is 600. The Morgan fingerprint density at radius 2 is 1.79 bits per heavy atom. The Morgan fingerprint density at radius 3 is 2.29 bits per heavy atom. The standard InChI is InChI=1S/C18H29BN2O3/c1-8-21(16(22)20-7)12-14-11-13(2)9-10-15(14)19-23-17(3,4)18(5,6)24-19/h9-11H,8,12H2,1-7H3,(H,20,22). The minimum Gasteiger partial charge on any atom is -0.399 e. The molecule has 0 atom stereocenters. The number of rotatable bonds is 4. The Hall–Kier alpha value is -1.53. The quantitative estimate of drug-likeness (QED) is 0.862. The van der Waals surface area contributed by atoms with Crippen LogP contribution in [0.25, 0.3) is 0 Å². The minimum atomic E-state index is -0.422. The molecular formula is C18H29BN2O3. The fourth-order valence-corrected chi connectivity index (χ4v) is 2.76. The number of carbonyl (C=O) groups excluding carboxylic acids is 1. The molecule has 0 unspecified atom stereocenters. The van der Waals surface area contributed by atoms with E-state index in [1.54, 1.807) is 11.9 Å². The molecule has 132 valence electrons. The lowest BCUT2D eigenvalue weighted by Gasteiger charge is -2.32. The number of nitrogens with one attached hydrogen (secondary N) is 1. The van der Waals surface area contributed by atoms with Gasteiger partial charge in [-0.3, -0.25) is 0 Å². The third-order valence-corrected chi connectivity index (χ3v) is 5.05. The first-order valence-electron chi connectivity index (χ1n) is 8.53. The highest BCUT2D eigenvalue weighted by atomic mass is 16.7. The number of nitrogens with zero attached hydrogens (tertiary/aromatic N) is 1. The molecule has 0 spiro atoms. The molecule has 0 radical (unpaired) electrons. The van der Waals surface area contributed by atoms with E-state index in [9.17, 15) is 4.79 Å². The summed E-state index contributed by atoms with van der Waals surface area (Å²) in [5.41, 5.74) is 2.43. The molecule has 0 aromatic heterocycles. The van der Waals surface area contributed by atoms with E-state index < -0.39 is 7.12 Å². The third-order valence-electron chi connectivity index (χ3n) is 5.05. The van der Waals surface area contributed by atoms with Crippen molar-refractivity contribution in [1.29, 1.82) is 0 Å². The van der Waals surface area contributed by atoms with Crippen LogP contribution < -0.4 is 10.8 Å². The van der Waals surface area contributed by atoms with Crippen LogP contribution in [0.15, 0.2) is 18.2 Å². The maximum absolute atomic E-state index is 12.0. The second-order valence-electron chi connectivity index (χ2n) is 7.36. The van der Waals surface area contributed by atoms with Crippen molar-refractivity contribution in [3.63, 3.8) is 0 Å². The van der Waals surface area contributed by atoms with Crippen LogP contribution in [0, 0.1) is 6.92 Å². The summed E-state index contributed by atoms with van der Waals surface area (Å²) in [6.07, 6.45) is 0. The molecule has 5 nitrogen and oxygen atoms in total. The lowest BCUT2D eigenvalue weighted by molar-refractivity contribution is 0.00578. The summed E-state index contributed by atoms with van der Waals surface area (Å²) in [4.78, 5) is 13.8. The van der Waals surface area contributed by atoms with E-state index in [0.29, 0.717) is 13.1 Å². The van der Waals surface area contributed by atoms with Crippen LogP contribution in [0.4, 0.5) is 4.79 Å². The van der Waals surface area contributed by atoms with Gasteiger partial charge in [0.2, 0.25) is 0 Å². The Labute approximate surface area is 145 Å².